The summed E-state index contributed by atoms with van der Waals surface area (Å²) in [5.74, 6) is 0.302. The number of carbonyl (C=O) groups excluding carboxylic acids is 1. The summed E-state index contributed by atoms with van der Waals surface area (Å²) in [6, 6.07) is 8.71. The molecule has 3 rings (SSSR count). The van der Waals surface area contributed by atoms with E-state index in [2.05, 4.69) is 10.4 Å². The van der Waals surface area contributed by atoms with Crippen LogP contribution in [0.3, 0.4) is 0 Å². The van der Waals surface area contributed by atoms with Gasteiger partial charge in [0.1, 0.15) is 17.9 Å². The molecule has 23 heavy (non-hydrogen) atoms. The lowest BCUT2D eigenvalue weighted by Gasteiger charge is -2.10. The topological polar surface area (TPSA) is 68.4 Å². The fraction of sp³-hybridized carbons (Fsp3) is 0.188. The van der Waals surface area contributed by atoms with Gasteiger partial charge >= 0.3 is 0 Å². The van der Waals surface area contributed by atoms with Crippen LogP contribution in [0.2, 0.25) is 5.02 Å². The number of fused-ring (bicyclic) bond motifs is 1. The van der Waals surface area contributed by atoms with Crippen LogP contribution in [0.25, 0.3) is 5.52 Å². The number of aromatic nitrogens is 3. The molecular formula is C16H15ClN4O2. The molecule has 1 aromatic carbocycles. The molecule has 0 spiro atoms. The highest BCUT2D eigenvalue weighted by atomic mass is 35.5. The van der Waals surface area contributed by atoms with Crippen LogP contribution in [-0.2, 0) is 11.3 Å². The minimum atomic E-state index is -0.333. The monoisotopic (exact) mass is 330 g/mol. The first kappa shape index (κ1) is 15.3. The molecule has 0 unspecified atom stereocenters. The van der Waals surface area contributed by atoms with Crippen molar-refractivity contribution < 1.29 is 4.79 Å². The summed E-state index contributed by atoms with van der Waals surface area (Å²) >= 11 is 5.94. The summed E-state index contributed by atoms with van der Waals surface area (Å²) < 4.78 is 2.86. The number of carbonyl (C=O) groups is 1. The molecule has 1 amide bonds. The van der Waals surface area contributed by atoms with Gasteiger partial charge in [-0.05, 0) is 43.7 Å². The standard InChI is InChI=1S/C16H15ClN4O2/c1-10-5-6-12(17)8-13(10)18-15(22)9-21-16(23)14-4-3-7-20(14)11(2)19-21/h3-8H,9H2,1-2H3,(H,18,22). The molecule has 7 heteroatoms. The van der Waals surface area contributed by atoms with E-state index in [1.807, 2.05) is 13.0 Å². The molecule has 0 fully saturated rings. The number of hydrogen-bond acceptors (Lipinski definition) is 3. The van der Waals surface area contributed by atoms with Crippen LogP contribution >= 0.6 is 11.6 Å². The van der Waals surface area contributed by atoms with Crippen LogP contribution in [-0.4, -0.2) is 20.1 Å². The summed E-state index contributed by atoms with van der Waals surface area (Å²) in [5.41, 5.74) is 1.69. The average Bonchev–Trinajstić information content (AvgIpc) is 2.98. The van der Waals surface area contributed by atoms with E-state index in [0.29, 0.717) is 22.1 Å². The van der Waals surface area contributed by atoms with Gasteiger partial charge in [0.25, 0.3) is 5.56 Å². The smallest absolute Gasteiger partial charge is 0.291 e. The highest BCUT2D eigenvalue weighted by molar-refractivity contribution is 6.31. The predicted molar refractivity (Wildman–Crippen MR) is 89.0 cm³/mol. The summed E-state index contributed by atoms with van der Waals surface area (Å²) in [5, 5.41) is 7.47. The largest absolute Gasteiger partial charge is 0.324 e. The van der Waals surface area contributed by atoms with Crippen LogP contribution < -0.4 is 10.9 Å². The van der Waals surface area contributed by atoms with Crippen LogP contribution in [0.4, 0.5) is 5.69 Å². The van der Waals surface area contributed by atoms with Crippen molar-refractivity contribution in [2.24, 2.45) is 0 Å². The van der Waals surface area contributed by atoms with Gasteiger partial charge < -0.3 is 5.32 Å². The number of nitrogens with zero attached hydrogens (tertiary/aromatic N) is 3. The summed E-state index contributed by atoms with van der Waals surface area (Å²) in [6.45, 7) is 3.49. The predicted octanol–water partition coefficient (Wildman–Crippen LogP) is 2.40. The molecule has 2 aromatic heterocycles. The second kappa shape index (κ2) is 5.89. The van der Waals surface area contributed by atoms with Gasteiger partial charge in [0.05, 0.1) is 0 Å². The van der Waals surface area contributed by atoms with Gasteiger partial charge in [0.15, 0.2) is 0 Å². The minimum Gasteiger partial charge on any atom is -0.324 e. The molecule has 0 atom stereocenters. The Kier molecular flexibility index (Phi) is 3.92. The first-order valence-corrected chi connectivity index (χ1v) is 7.44. The molecule has 3 aromatic rings. The second-order valence-corrected chi connectivity index (χ2v) is 5.72. The maximum atomic E-state index is 12.3. The lowest BCUT2D eigenvalue weighted by Crippen LogP contribution is -2.31. The molecule has 0 bridgehead atoms. The zero-order chi connectivity index (χ0) is 16.6. The van der Waals surface area contributed by atoms with E-state index in [9.17, 15) is 9.59 Å². The first-order chi connectivity index (χ1) is 11.0. The Labute approximate surface area is 137 Å². The van der Waals surface area contributed by atoms with E-state index in [-0.39, 0.29) is 18.0 Å². The summed E-state index contributed by atoms with van der Waals surface area (Å²) in [7, 11) is 0. The lowest BCUT2D eigenvalue weighted by molar-refractivity contribution is -0.117. The highest BCUT2D eigenvalue weighted by Crippen LogP contribution is 2.20. The van der Waals surface area contributed by atoms with E-state index in [1.54, 1.807) is 41.8 Å². The Bertz CT molecular complexity index is 958. The van der Waals surface area contributed by atoms with E-state index >= 15 is 0 Å². The lowest BCUT2D eigenvalue weighted by atomic mass is 10.2. The van der Waals surface area contributed by atoms with Gasteiger partial charge in [-0.2, -0.15) is 5.10 Å². The summed E-state index contributed by atoms with van der Waals surface area (Å²) in [6.07, 6.45) is 1.76. The van der Waals surface area contributed by atoms with Crippen molar-refractivity contribution in [2.75, 3.05) is 5.32 Å². The number of aryl methyl sites for hydroxylation is 2. The number of halogens is 1. The van der Waals surface area contributed by atoms with Crippen molar-refractivity contribution >= 4 is 28.7 Å². The van der Waals surface area contributed by atoms with Crippen molar-refractivity contribution in [2.45, 2.75) is 20.4 Å². The van der Waals surface area contributed by atoms with Gasteiger partial charge in [0, 0.05) is 16.9 Å². The Morgan fingerprint density at radius 2 is 2.09 bits per heavy atom. The average molecular weight is 331 g/mol. The molecule has 0 saturated carbocycles. The van der Waals surface area contributed by atoms with E-state index in [1.165, 1.54) is 4.68 Å². The van der Waals surface area contributed by atoms with E-state index in [4.69, 9.17) is 11.6 Å². The van der Waals surface area contributed by atoms with Crippen molar-refractivity contribution in [3.8, 4) is 0 Å². The number of hydrogen-bond donors (Lipinski definition) is 1. The Morgan fingerprint density at radius 1 is 1.30 bits per heavy atom. The highest BCUT2D eigenvalue weighted by Gasteiger charge is 2.12. The zero-order valence-electron chi connectivity index (χ0n) is 12.7. The molecule has 0 aliphatic heterocycles. The first-order valence-electron chi connectivity index (χ1n) is 7.06. The van der Waals surface area contributed by atoms with Gasteiger partial charge in [-0.15, -0.1) is 0 Å². The van der Waals surface area contributed by atoms with Crippen molar-refractivity contribution in [3.63, 3.8) is 0 Å². The molecule has 2 heterocycles. The number of amides is 1. The number of nitrogens with one attached hydrogen (secondary N) is 1. The molecule has 0 saturated heterocycles. The third-order valence-corrected chi connectivity index (χ3v) is 3.82. The van der Waals surface area contributed by atoms with E-state index in [0.717, 1.165) is 5.56 Å². The van der Waals surface area contributed by atoms with Crippen LogP contribution in [0, 0.1) is 13.8 Å². The van der Waals surface area contributed by atoms with Crippen molar-refractivity contribution in [1.82, 2.24) is 14.2 Å². The Morgan fingerprint density at radius 3 is 2.87 bits per heavy atom. The minimum absolute atomic E-state index is 0.159. The number of rotatable bonds is 3. The number of anilines is 1. The molecular weight excluding hydrogens is 316 g/mol. The normalized spacial score (nSPS) is 10.9. The quantitative estimate of drug-likeness (QED) is 0.801. The SMILES string of the molecule is Cc1ccc(Cl)cc1NC(=O)Cn1nc(C)n2cccc2c1=O. The van der Waals surface area contributed by atoms with Crippen LogP contribution in [0.15, 0.2) is 41.3 Å². The molecule has 118 valence electrons. The van der Waals surface area contributed by atoms with Gasteiger partial charge in [-0.25, -0.2) is 4.68 Å². The third-order valence-electron chi connectivity index (χ3n) is 3.58. The molecule has 0 aliphatic rings. The van der Waals surface area contributed by atoms with Crippen molar-refractivity contribution in [3.05, 3.63) is 63.3 Å². The van der Waals surface area contributed by atoms with Gasteiger partial charge in [-0.3, -0.25) is 14.0 Å². The van der Waals surface area contributed by atoms with Gasteiger partial charge in [0.2, 0.25) is 5.91 Å². The Hall–Kier alpha value is -2.60. The molecule has 6 nitrogen and oxygen atoms in total. The Balaban J connectivity index is 1.87. The molecule has 1 N–H and O–H groups in total. The summed E-state index contributed by atoms with van der Waals surface area (Å²) in [4.78, 5) is 24.6. The van der Waals surface area contributed by atoms with Gasteiger partial charge in [-0.1, -0.05) is 17.7 Å². The maximum Gasteiger partial charge on any atom is 0.291 e. The fourth-order valence-electron chi connectivity index (χ4n) is 2.40. The molecule has 0 aliphatic carbocycles. The number of benzene rings is 1. The van der Waals surface area contributed by atoms with Crippen molar-refractivity contribution in [1.29, 1.82) is 0 Å². The maximum absolute atomic E-state index is 12.3. The van der Waals surface area contributed by atoms with Crippen LogP contribution in [0.1, 0.15) is 11.4 Å². The van der Waals surface area contributed by atoms with Crippen LogP contribution in [0.5, 0.6) is 0 Å². The zero-order valence-corrected chi connectivity index (χ0v) is 13.5. The fourth-order valence-corrected chi connectivity index (χ4v) is 2.57. The van der Waals surface area contributed by atoms with E-state index < -0.39 is 0 Å². The molecule has 0 radical (unpaired) electrons. The second-order valence-electron chi connectivity index (χ2n) is 5.28. The third kappa shape index (κ3) is 2.98.